The number of ether oxygens (including phenoxy) is 1. The summed E-state index contributed by atoms with van der Waals surface area (Å²) >= 11 is 5.90. The molecule has 1 fully saturated rings. The van der Waals surface area contributed by atoms with E-state index in [1.807, 2.05) is 35.2 Å². The van der Waals surface area contributed by atoms with Gasteiger partial charge < -0.3 is 14.5 Å². The summed E-state index contributed by atoms with van der Waals surface area (Å²) in [5.74, 6) is 1.31. The van der Waals surface area contributed by atoms with Gasteiger partial charge in [-0.15, -0.1) is 0 Å². The summed E-state index contributed by atoms with van der Waals surface area (Å²) in [7, 11) is 0. The fourth-order valence-electron chi connectivity index (χ4n) is 3.53. The molecular weight excluding hydrogens is 418 g/mol. The van der Waals surface area contributed by atoms with Gasteiger partial charge in [-0.3, -0.25) is 14.9 Å². The van der Waals surface area contributed by atoms with Gasteiger partial charge in [-0.1, -0.05) is 29.8 Å². The van der Waals surface area contributed by atoms with Crippen LogP contribution >= 0.6 is 11.6 Å². The molecule has 31 heavy (non-hydrogen) atoms. The minimum atomic E-state index is -0.433. The molecular formula is C23H20ClN3O4. The van der Waals surface area contributed by atoms with Crippen molar-refractivity contribution in [2.45, 2.75) is 0 Å². The molecule has 0 saturated carbocycles. The van der Waals surface area contributed by atoms with Crippen molar-refractivity contribution >= 4 is 28.9 Å². The van der Waals surface area contributed by atoms with Gasteiger partial charge in [0.05, 0.1) is 4.92 Å². The van der Waals surface area contributed by atoms with Crippen LogP contribution < -0.4 is 9.64 Å². The highest BCUT2D eigenvalue weighted by Crippen LogP contribution is 2.32. The second-order valence-electron chi connectivity index (χ2n) is 7.11. The van der Waals surface area contributed by atoms with Crippen LogP contribution in [0.4, 0.5) is 11.4 Å². The van der Waals surface area contributed by atoms with Crippen LogP contribution in [0.2, 0.25) is 5.02 Å². The minimum absolute atomic E-state index is 0.0266. The fraction of sp³-hybridized carbons (Fsp3) is 0.174. The maximum Gasteiger partial charge on any atom is 0.294 e. The Morgan fingerprint density at radius 1 is 0.903 bits per heavy atom. The molecule has 158 valence electrons. The fourth-order valence-corrected chi connectivity index (χ4v) is 3.70. The second kappa shape index (κ2) is 9.06. The van der Waals surface area contributed by atoms with Crippen LogP contribution in [-0.4, -0.2) is 41.9 Å². The number of nitro benzene ring substituents is 1. The molecule has 1 heterocycles. The van der Waals surface area contributed by atoms with Gasteiger partial charge in [-0.25, -0.2) is 0 Å². The first-order valence-corrected chi connectivity index (χ1v) is 10.2. The molecule has 8 heteroatoms. The number of hydrogen-bond donors (Lipinski definition) is 0. The van der Waals surface area contributed by atoms with Crippen molar-refractivity contribution in [3.8, 4) is 11.5 Å². The molecule has 0 bridgehead atoms. The van der Waals surface area contributed by atoms with E-state index in [-0.39, 0.29) is 11.6 Å². The van der Waals surface area contributed by atoms with Gasteiger partial charge in [0, 0.05) is 42.8 Å². The predicted molar refractivity (Wildman–Crippen MR) is 119 cm³/mol. The average Bonchev–Trinajstić information content (AvgIpc) is 2.80. The van der Waals surface area contributed by atoms with E-state index in [0.29, 0.717) is 48.2 Å². The number of carbonyl (C=O) groups excluding carboxylic acids is 1. The van der Waals surface area contributed by atoms with Gasteiger partial charge in [0.25, 0.3) is 11.6 Å². The van der Waals surface area contributed by atoms with Crippen LogP contribution in [0.1, 0.15) is 10.4 Å². The van der Waals surface area contributed by atoms with Crippen LogP contribution in [0.15, 0.2) is 72.8 Å². The van der Waals surface area contributed by atoms with Crippen LogP contribution in [0.5, 0.6) is 11.5 Å². The number of anilines is 1. The predicted octanol–water partition coefficient (Wildman–Crippen LogP) is 5.00. The van der Waals surface area contributed by atoms with Crippen molar-refractivity contribution in [2.75, 3.05) is 31.1 Å². The van der Waals surface area contributed by atoms with Crippen molar-refractivity contribution < 1.29 is 14.5 Å². The first kappa shape index (κ1) is 20.7. The molecule has 4 rings (SSSR count). The molecule has 0 aliphatic carbocycles. The third kappa shape index (κ3) is 4.78. The van der Waals surface area contributed by atoms with Crippen LogP contribution in [-0.2, 0) is 0 Å². The molecule has 1 aliphatic rings. The summed E-state index contributed by atoms with van der Waals surface area (Å²) in [5, 5.41) is 11.7. The Balaban J connectivity index is 1.39. The Labute approximate surface area is 184 Å². The van der Waals surface area contributed by atoms with E-state index in [2.05, 4.69) is 0 Å². The number of nitro groups is 1. The zero-order valence-corrected chi connectivity index (χ0v) is 17.4. The van der Waals surface area contributed by atoms with E-state index < -0.39 is 4.92 Å². The van der Waals surface area contributed by atoms with E-state index in [0.717, 1.165) is 5.75 Å². The molecule has 3 aromatic rings. The third-order valence-electron chi connectivity index (χ3n) is 5.12. The summed E-state index contributed by atoms with van der Waals surface area (Å²) in [6.45, 7) is 1.95. The van der Waals surface area contributed by atoms with Gasteiger partial charge in [0.2, 0.25) is 0 Å². The first-order valence-electron chi connectivity index (χ1n) is 9.82. The number of amides is 1. The number of piperazine rings is 1. The van der Waals surface area contributed by atoms with E-state index in [4.69, 9.17) is 16.3 Å². The van der Waals surface area contributed by atoms with Gasteiger partial charge in [0.1, 0.15) is 17.2 Å². The summed E-state index contributed by atoms with van der Waals surface area (Å²) in [6, 6.07) is 21.1. The van der Waals surface area contributed by atoms with E-state index in [1.165, 1.54) is 6.07 Å². The summed E-state index contributed by atoms with van der Waals surface area (Å²) in [6.07, 6.45) is 0. The van der Waals surface area contributed by atoms with E-state index in [1.54, 1.807) is 41.3 Å². The molecule has 1 amide bonds. The standard InChI is InChI=1S/C23H20ClN3O4/c24-18-8-11-21(22(16-18)27(29)30)25-12-14-26(15-13-25)23(28)17-6-9-20(10-7-17)31-19-4-2-1-3-5-19/h1-11,16H,12-15H2. The quantitative estimate of drug-likeness (QED) is 0.414. The number of halogens is 1. The molecule has 1 aliphatic heterocycles. The summed E-state index contributed by atoms with van der Waals surface area (Å²) in [5.41, 5.74) is 1.07. The van der Waals surface area contributed by atoms with Crippen LogP contribution in [0.3, 0.4) is 0 Å². The summed E-state index contributed by atoms with van der Waals surface area (Å²) in [4.78, 5) is 27.5. The minimum Gasteiger partial charge on any atom is -0.457 e. The SMILES string of the molecule is O=C(c1ccc(Oc2ccccc2)cc1)N1CCN(c2ccc(Cl)cc2[N+](=O)[O-])CC1. The topological polar surface area (TPSA) is 75.9 Å². The molecule has 7 nitrogen and oxygen atoms in total. The molecule has 0 aromatic heterocycles. The van der Waals surface area contributed by atoms with Gasteiger partial charge in [0.15, 0.2) is 0 Å². The normalized spacial score (nSPS) is 13.7. The van der Waals surface area contributed by atoms with Crippen LogP contribution in [0, 0.1) is 10.1 Å². The van der Waals surface area contributed by atoms with Crippen LogP contribution in [0.25, 0.3) is 0 Å². The number of nitrogens with zero attached hydrogens (tertiary/aromatic N) is 3. The number of para-hydroxylation sites is 1. The molecule has 0 atom stereocenters. The van der Waals surface area contributed by atoms with Crippen molar-refractivity contribution in [1.82, 2.24) is 4.90 Å². The third-order valence-corrected chi connectivity index (χ3v) is 5.36. The Bertz CT molecular complexity index is 1080. The highest BCUT2D eigenvalue weighted by molar-refractivity contribution is 6.30. The Kier molecular flexibility index (Phi) is 6.04. The maximum absolute atomic E-state index is 12.9. The van der Waals surface area contributed by atoms with Gasteiger partial charge in [-0.05, 0) is 48.5 Å². The highest BCUT2D eigenvalue weighted by Gasteiger charge is 2.26. The molecule has 0 unspecified atom stereocenters. The number of hydrogen-bond acceptors (Lipinski definition) is 5. The lowest BCUT2D eigenvalue weighted by Gasteiger charge is -2.35. The molecule has 0 N–H and O–H groups in total. The molecule has 1 saturated heterocycles. The lowest BCUT2D eigenvalue weighted by Crippen LogP contribution is -2.48. The Morgan fingerprint density at radius 2 is 1.55 bits per heavy atom. The Morgan fingerprint density at radius 3 is 2.19 bits per heavy atom. The number of benzene rings is 3. The Hall–Kier alpha value is -3.58. The largest absolute Gasteiger partial charge is 0.457 e. The second-order valence-corrected chi connectivity index (χ2v) is 7.55. The monoisotopic (exact) mass is 437 g/mol. The zero-order valence-electron chi connectivity index (χ0n) is 16.6. The van der Waals surface area contributed by atoms with E-state index >= 15 is 0 Å². The van der Waals surface area contributed by atoms with Crippen molar-refractivity contribution in [3.63, 3.8) is 0 Å². The maximum atomic E-state index is 12.9. The molecule has 0 spiro atoms. The average molecular weight is 438 g/mol. The summed E-state index contributed by atoms with van der Waals surface area (Å²) < 4.78 is 5.76. The number of rotatable bonds is 5. The smallest absolute Gasteiger partial charge is 0.294 e. The molecule has 3 aromatic carbocycles. The van der Waals surface area contributed by atoms with E-state index in [9.17, 15) is 14.9 Å². The lowest BCUT2D eigenvalue weighted by atomic mass is 10.1. The lowest BCUT2D eigenvalue weighted by molar-refractivity contribution is -0.384. The first-order chi connectivity index (χ1) is 15.0. The van der Waals surface area contributed by atoms with Crippen molar-refractivity contribution in [2.24, 2.45) is 0 Å². The zero-order chi connectivity index (χ0) is 21.8. The van der Waals surface area contributed by atoms with Gasteiger partial charge >= 0.3 is 0 Å². The molecule has 0 radical (unpaired) electrons. The van der Waals surface area contributed by atoms with Gasteiger partial charge in [-0.2, -0.15) is 0 Å². The highest BCUT2D eigenvalue weighted by atomic mass is 35.5. The number of carbonyl (C=O) groups is 1. The van der Waals surface area contributed by atoms with Crippen molar-refractivity contribution in [1.29, 1.82) is 0 Å². The van der Waals surface area contributed by atoms with Crippen molar-refractivity contribution in [3.05, 3.63) is 93.5 Å².